The molecule has 0 heterocycles. The number of alkyl halides is 3. The Hall–Kier alpha value is -3.19. The van der Waals surface area contributed by atoms with Crippen LogP contribution in [0.3, 0.4) is 0 Å². The molecule has 1 atom stereocenters. The van der Waals surface area contributed by atoms with Crippen LogP contribution in [0.25, 0.3) is 0 Å². The van der Waals surface area contributed by atoms with Gasteiger partial charge in [0.2, 0.25) is 0 Å². The van der Waals surface area contributed by atoms with Crippen LogP contribution in [0.5, 0.6) is 5.75 Å². The van der Waals surface area contributed by atoms with Crippen molar-refractivity contribution in [3.63, 3.8) is 0 Å². The summed E-state index contributed by atoms with van der Waals surface area (Å²) in [7, 11) is 2.95. The van der Waals surface area contributed by atoms with Gasteiger partial charge in [0.15, 0.2) is 6.10 Å². The highest BCUT2D eigenvalue weighted by atomic mass is 35.5. The highest BCUT2D eigenvalue weighted by molar-refractivity contribution is 6.31. The molecule has 0 aliphatic rings. The molecule has 0 aliphatic heterocycles. The van der Waals surface area contributed by atoms with E-state index in [1.54, 1.807) is 49.5 Å². The third-order valence-electron chi connectivity index (χ3n) is 4.65. The van der Waals surface area contributed by atoms with Crippen molar-refractivity contribution in [3.05, 3.63) is 94.0 Å². The van der Waals surface area contributed by atoms with Gasteiger partial charge >= 0.3 is 12.1 Å². The first-order valence-corrected chi connectivity index (χ1v) is 9.60. The molecule has 3 aromatic carbocycles. The van der Waals surface area contributed by atoms with Gasteiger partial charge in [-0.05, 0) is 42.0 Å². The van der Waals surface area contributed by atoms with Gasteiger partial charge in [-0.3, -0.25) is 0 Å². The zero-order valence-electron chi connectivity index (χ0n) is 16.7. The number of hydrogen-bond donors (Lipinski definition) is 1. The van der Waals surface area contributed by atoms with Crippen molar-refractivity contribution in [1.82, 2.24) is 0 Å². The number of anilines is 1. The fourth-order valence-electron chi connectivity index (χ4n) is 3.03. The summed E-state index contributed by atoms with van der Waals surface area (Å²) in [6.07, 6.45) is -5.32. The van der Waals surface area contributed by atoms with Crippen LogP contribution >= 0.6 is 11.6 Å². The molecule has 162 valence electrons. The SMILES string of the molecule is CNc1ccc(OC(c2ccc(C(F)(F)F)cc2)c2ccccc2Cl)c(C(=O)OC)c1. The summed E-state index contributed by atoms with van der Waals surface area (Å²) in [5, 5.41) is 3.30. The Balaban J connectivity index is 2.09. The fourth-order valence-corrected chi connectivity index (χ4v) is 3.27. The molecule has 4 nitrogen and oxygen atoms in total. The summed E-state index contributed by atoms with van der Waals surface area (Å²) in [6, 6.07) is 16.3. The van der Waals surface area contributed by atoms with Gasteiger partial charge in [-0.25, -0.2) is 4.79 Å². The fraction of sp³-hybridized carbons (Fsp3) is 0.174. The number of nitrogens with one attached hydrogen (secondary N) is 1. The number of carbonyl (C=O) groups is 1. The summed E-state index contributed by atoms with van der Waals surface area (Å²) in [6.45, 7) is 0. The number of esters is 1. The van der Waals surface area contributed by atoms with Crippen molar-refractivity contribution in [2.45, 2.75) is 12.3 Å². The number of carbonyl (C=O) groups excluding carboxylic acids is 1. The van der Waals surface area contributed by atoms with Crippen LogP contribution in [0.15, 0.2) is 66.7 Å². The maximum Gasteiger partial charge on any atom is 0.416 e. The molecule has 0 aliphatic carbocycles. The maximum absolute atomic E-state index is 13.0. The van der Waals surface area contributed by atoms with Gasteiger partial charge in [0, 0.05) is 23.3 Å². The van der Waals surface area contributed by atoms with Crippen LogP contribution in [0.2, 0.25) is 5.02 Å². The second-order valence-corrected chi connectivity index (χ2v) is 7.00. The van der Waals surface area contributed by atoms with E-state index in [4.69, 9.17) is 21.1 Å². The van der Waals surface area contributed by atoms with E-state index in [2.05, 4.69) is 5.32 Å². The predicted molar refractivity (Wildman–Crippen MR) is 113 cm³/mol. The summed E-state index contributed by atoms with van der Waals surface area (Å²) in [5.74, 6) is -0.409. The molecule has 0 saturated carbocycles. The molecule has 0 aromatic heterocycles. The number of hydrogen-bond acceptors (Lipinski definition) is 4. The molecule has 0 amide bonds. The van der Waals surface area contributed by atoms with Gasteiger partial charge in [-0.15, -0.1) is 0 Å². The van der Waals surface area contributed by atoms with Crippen LogP contribution in [0.1, 0.15) is 33.2 Å². The Kier molecular flexibility index (Phi) is 6.75. The lowest BCUT2D eigenvalue weighted by atomic mass is 9.99. The molecule has 0 spiro atoms. The maximum atomic E-state index is 13.0. The predicted octanol–water partition coefficient (Wildman–Crippen LogP) is 6.36. The molecule has 3 aromatic rings. The topological polar surface area (TPSA) is 47.6 Å². The van der Waals surface area contributed by atoms with E-state index in [1.165, 1.54) is 19.2 Å². The largest absolute Gasteiger partial charge is 0.480 e. The van der Waals surface area contributed by atoms with Gasteiger partial charge in [-0.1, -0.05) is 41.9 Å². The van der Waals surface area contributed by atoms with Crippen molar-refractivity contribution in [3.8, 4) is 5.75 Å². The molecule has 0 fully saturated rings. The molecule has 0 radical (unpaired) electrons. The number of rotatable bonds is 6. The molecule has 0 saturated heterocycles. The average molecular weight is 450 g/mol. The first kappa shape index (κ1) is 22.5. The molecule has 0 bridgehead atoms. The van der Waals surface area contributed by atoms with Crippen LogP contribution < -0.4 is 10.1 Å². The van der Waals surface area contributed by atoms with Gasteiger partial charge in [0.05, 0.1) is 12.7 Å². The first-order chi connectivity index (χ1) is 14.7. The van der Waals surface area contributed by atoms with Crippen molar-refractivity contribution >= 4 is 23.3 Å². The standard InChI is InChI=1S/C23H19ClF3NO3/c1-28-16-11-12-20(18(13-16)22(29)30-2)31-21(17-5-3-4-6-19(17)24)14-7-9-15(10-8-14)23(25,26)27/h3-13,21,28H,1-2H3. The van der Waals surface area contributed by atoms with E-state index in [-0.39, 0.29) is 11.3 Å². The van der Waals surface area contributed by atoms with Crippen molar-refractivity contribution < 1.29 is 27.4 Å². The van der Waals surface area contributed by atoms with Crippen molar-refractivity contribution in [2.75, 3.05) is 19.5 Å². The third-order valence-corrected chi connectivity index (χ3v) is 4.99. The Labute approximate surface area is 182 Å². The van der Waals surface area contributed by atoms with Gasteiger partial charge in [-0.2, -0.15) is 13.2 Å². The van der Waals surface area contributed by atoms with Crippen LogP contribution in [-0.4, -0.2) is 20.1 Å². The molecule has 1 unspecified atom stereocenters. The zero-order valence-corrected chi connectivity index (χ0v) is 17.4. The van der Waals surface area contributed by atoms with Gasteiger partial charge in [0.1, 0.15) is 11.3 Å². The lowest BCUT2D eigenvalue weighted by molar-refractivity contribution is -0.137. The Bertz CT molecular complexity index is 1070. The normalized spacial score (nSPS) is 12.2. The number of ether oxygens (including phenoxy) is 2. The first-order valence-electron chi connectivity index (χ1n) is 9.23. The smallest absolute Gasteiger partial charge is 0.416 e. The quantitative estimate of drug-likeness (QED) is 0.445. The van der Waals surface area contributed by atoms with Crippen LogP contribution in [0.4, 0.5) is 18.9 Å². The van der Waals surface area contributed by atoms with Crippen molar-refractivity contribution in [1.29, 1.82) is 0 Å². The minimum Gasteiger partial charge on any atom is -0.480 e. The Morgan fingerprint density at radius 1 is 1.03 bits per heavy atom. The molecule has 8 heteroatoms. The zero-order chi connectivity index (χ0) is 22.6. The summed E-state index contributed by atoms with van der Waals surface area (Å²) >= 11 is 6.35. The van der Waals surface area contributed by atoms with E-state index < -0.39 is 23.8 Å². The molecule has 3 rings (SSSR count). The van der Waals surface area contributed by atoms with E-state index in [9.17, 15) is 18.0 Å². The van der Waals surface area contributed by atoms with E-state index in [1.807, 2.05) is 0 Å². The third kappa shape index (κ3) is 5.11. The lowest BCUT2D eigenvalue weighted by Gasteiger charge is -2.23. The van der Waals surface area contributed by atoms with E-state index in [0.29, 0.717) is 21.8 Å². The lowest BCUT2D eigenvalue weighted by Crippen LogP contribution is -2.14. The van der Waals surface area contributed by atoms with E-state index in [0.717, 1.165) is 12.1 Å². The van der Waals surface area contributed by atoms with Crippen molar-refractivity contribution in [2.24, 2.45) is 0 Å². The van der Waals surface area contributed by atoms with Gasteiger partial charge < -0.3 is 14.8 Å². The molecular weight excluding hydrogens is 431 g/mol. The number of benzene rings is 3. The Morgan fingerprint density at radius 2 is 1.71 bits per heavy atom. The molecule has 31 heavy (non-hydrogen) atoms. The minimum atomic E-state index is -4.46. The summed E-state index contributed by atoms with van der Waals surface area (Å²) in [5.41, 5.74) is 1.03. The minimum absolute atomic E-state index is 0.165. The highest BCUT2D eigenvalue weighted by Crippen LogP contribution is 2.37. The second-order valence-electron chi connectivity index (χ2n) is 6.59. The Morgan fingerprint density at radius 3 is 2.29 bits per heavy atom. The van der Waals surface area contributed by atoms with Crippen LogP contribution in [-0.2, 0) is 10.9 Å². The summed E-state index contributed by atoms with van der Waals surface area (Å²) in [4.78, 5) is 12.3. The monoisotopic (exact) mass is 449 g/mol. The second kappa shape index (κ2) is 9.31. The average Bonchev–Trinajstić information content (AvgIpc) is 2.77. The highest BCUT2D eigenvalue weighted by Gasteiger charge is 2.31. The van der Waals surface area contributed by atoms with Gasteiger partial charge in [0.25, 0.3) is 0 Å². The van der Waals surface area contributed by atoms with Crippen LogP contribution in [0, 0.1) is 0 Å². The summed E-state index contributed by atoms with van der Waals surface area (Å²) < 4.78 is 50.0. The molecule has 1 N–H and O–H groups in total. The molecular formula is C23H19ClF3NO3. The number of methoxy groups -OCH3 is 1. The van der Waals surface area contributed by atoms with E-state index >= 15 is 0 Å². The number of halogens is 4.